The summed E-state index contributed by atoms with van der Waals surface area (Å²) in [6.07, 6.45) is 1.39. The Morgan fingerprint density at radius 2 is 2.10 bits per heavy atom. The van der Waals surface area contributed by atoms with E-state index in [1.807, 2.05) is 36.4 Å². The van der Waals surface area contributed by atoms with Crippen molar-refractivity contribution in [2.45, 2.75) is 25.6 Å². The zero-order valence-corrected chi connectivity index (χ0v) is 13.4. The molecule has 0 saturated carbocycles. The number of benzene rings is 2. The lowest BCUT2D eigenvalue weighted by atomic mass is 10.1. The predicted molar refractivity (Wildman–Crippen MR) is 84.7 cm³/mol. The Kier molecular flexibility index (Phi) is 4.17. The maximum absolute atomic E-state index is 9.82. The number of aliphatic hydroxyl groups excluding tert-OH is 1. The Labute approximate surface area is 132 Å². The van der Waals surface area contributed by atoms with Crippen molar-refractivity contribution in [2.75, 3.05) is 7.11 Å². The molecule has 0 unspecified atom stereocenters. The molecule has 0 saturated heterocycles. The van der Waals surface area contributed by atoms with E-state index >= 15 is 0 Å². The molecule has 2 aromatic carbocycles. The van der Waals surface area contributed by atoms with E-state index in [0.717, 1.165) is 39.9 Å². The zero-order chi connectivity index (χ0) is 14.8. The van der Waals surface area contributed by atoms with Crippen molar-refractivity contribution < 1.29 is 14.6 Å². The van der Waals surface area contributed by atoms with E-state index in [0.29, 0.717) is 6.61 Å². The third kappa shape index (κ3) is 3.06. The van der Waals surface area contributed by atoms with Crippen molar-refractivity contribution in [3.63, 3.8) is 0 Å². The number of rotatable bonds is 4. The van der Waals surface area contributed by atoms with Gasteiger partial charge in [-0.25, -0.2) is 0 Å². The summed E-state index contributed by atoms with van der Waals surface area (Å²) in [4.78, 5) is 0. The van der Waals surface area contributed by atoms with Crippen molar-refractivity contribution in [1.82, 2.24) is 0 Å². The van der Waals surface area contributed by atoms with E-state index in [4.69, 9.17) is 9.47 Å². The Bertz CT molecular complexity index is 654. The van der Waals surface area contributed by atoms with Crippen LogP contribution in [0, 0.1) is 0 Å². The molecule has 0 radical (unpaired) electrons. The van der Waals surface area contributed by atoms with Gasteiger partial charge >= 0.3 is 0 Å². The topological polar surface area (TPSA) is 38.7 Å². The highest BCUT2D eigenvalue weighted by molar-refractivity contribution is 9.10. The largest absolute Gasteiger partial charge is 0.496 e. The third-order valence-electron chi connectivity index (χ3n) is 3.80. The molecule has 0 fully saturated rings. The number of hydrogen-bond donors (Lipinski definition) is 1. The maximum Gasteiger partial charge on any atom is 0.125 e. The van der Waals surface area contributed by atoms with Gasteiger partial charge in [-0.05, 0) is 54.3 Å². The summed E-state index contributed by atoms with van der Waals surface area (Å²) in [5.41, 5.74) is 3.20. The van der Waals surface area contributed by atoms with Crippen LogP contribution < -0.4 is 9.47 Å². The van der Waals surface area contributed by atoms with E-state index in [2.05, 4.69) is 15.9 Å². The van der Waals surface area contributed by atoms with Gasteiger partial charge in [-0.2, -0.15) is 0 Å². The summed E-state index contributed by atoms with van der Waals surface area (Å²) < 4.78 is 12.2. The minimum Gasteiger partial charge on any atom is -0.496 e. The number of hydrogen-bond acceptors (Lipinski definition) is 3. The average Bonchev–Trinajstić information content (AvgIpc) is 2.86. The third-order valence-corrected chi connectivity index (χ3v) is 4.29. The molecule has 1 aliphatic rings. The fourth-order valence-electron chi connectivity index (χ4n) is 2.68. The summed E-state index contributed by atoms with van der Waals surface area (Å²) in [5, 5.41) is 9.82. The van der Waals surface area contributed by atoms with E-state index in [1.165, 1.54) is 5.56 Å². The predicted octanol–water partition coefficient (Wildman–Crippen LogP) is 4.02. The van der Waals surface area contributed by atoms with E-state index in [9.17, 15) is 5.11 Å². The monoisotopic (exact) mass is 348 g/mol. The standard InChI is InChI=1S/C17H17BrO3/c1-20-17-7-3-13(18)8-12(17)10-21-14-4-5-15-11(9-14)2-6-16(15)19/h3-5,7-9,16,19H,2,6,10H2,1H3/t16-/m0/s1. The summed E-state index contributed by atoms with van der Waals surface area (Å²) in [6.45, 7) is 0.448. The van der Waals surface area contributed by atoms with Crippen molar-refractivity contribution in [3.8, 4) is 11.5 Å². The van der Waals surface area contributed by atoms with Gasteiger partial charge in [0.25, 0.3) is 0 Å². The molecule has 0 amide bonds. The summed E-state index contributed by atoms with van der Waals surface area (Å²) >= 11 is 3.46. The second kappa shape index (κ2) is 6.08. The Morgan fingerprint density at radius 1 is 1.24 bits per heavy atom. The van der Waals surface area contributed by atoms with Crippen LogP contribution >= 0.6 is 15.9 Å². The van der Waals surface area contributed by atoms with Gasteiger partial charge in [-0.15, -0.1) is 0 Å². The van der Waals surface area contributed by atoms with Crippen LogP contribution in [0.3, 0.4) is 0 Å². The average molecular weight is 349 g/mol. The lowest BCUT2D eigenvalue weighted by Gasteiger charge is -2.12. The molecule has 4 heteroatoms. The van der Waals surface area contributed by atoms with E-state index in [1.54, 1.807) is 7.11 Å². The minimum absolute atomic E-state index is 0.320. The Balaban J connectivity index is 1.75. The molecule has 3 rings (SSSR count). The summed E-state index contributed by atoms with van der Waals surface area (Å²) in [7, 11) is 1.66. The van der Waals surface area contributed by atoms with Gasteiger partial charge in [0.2, 0.25) is 0 Å². The van der Waals surface area contributed by atoms with Crippen LogP contribution in [-0.4, -0.2) is 12.2 Å². The molecule has 1 N–H and O–H groups in total. The molecule has 0 spiro atoms. The summed E-state index contributed by atoms with van der Waals surface area (Å²) in [5.74, 6) is 1.64. The van der Waals surface area contributed by atoms with Crippen LogP contribution in [0.5, 0.6) is 11.5 Å². The van der Waals surface area contributed by atoms with Gasteiger partial charge in [-0.3, -0.25) is 0 Å². The van der Waals surface area contributed by atoms with Crippen LogP contribution in [0.1, 0.15) is 29.2 Å². The molecular weight excluding hydrogens is 332 g/mol. The molecule has 0 aromatic heterocycles. The number of ether oxygens (including phenoxy) is 2. The molecule has 0 aliphatic heterocycles. The van der Waals surface area contributed by atoms with Crippen LogP contribution in [0.2, 0.25) is 0 Å². The van der Waals surface area contributed by atoms with Gasteiger partial charge in [-0.1, -0.05) is 22.0 Å². The number of methoxy groups -OCH3 is 1. The Morgan fingerprint density at radius 3 is 2.90 bits per heavy atom. The van der Waals surface area contributed by atoms with Crippen LogP contribution in [-0.2, 0) is 13.0 Å². The maximum atomic E-state index is 9.82. The van der Waals surface area contributed by atoms with Crippen LogP contribution in [0.4, 0.5) is 0 Å². The molecular formula is C17H17BrO3. The van der Waals surface area contributed by atoms with E-state index < -0.39 is 0 Å². The van der Waals surface area contributed by atoms with E-state index in [-0.39, 0.29) is 6.10 Å². The van der Waals surface area contributed by atoms with Crippen molar-refractivity contribution in [3.05, 3.63) is 57.6 Å². The summed E-state index contributed by atoms with van der Waals surface area (Å²) in [6, 6.07) is 11.8. The van der Waals surface area contributed by atoms with Gasteiger partial charge in [0, 0.05) is 10.0 Å². The minimum atomic E-state index is -0.320. The molecule has 1 aliphatic carbocycles. The van der Waals surface area contributed by atoms with Gasteiger partial charge < -0.3 is 14.6 Å². The Hall–Kier alpha value is -1.52. The highest BCUT2D eigenvalue weighted by atomic mass is 79.9. The second-order valence-corrected chi connectivity index (χ2v) is 6.08. The molecule has 110 valence electrons. The molecule has 2 aromatic rings. The van der Waals surface area contributed by atoms with Gasteiger partial charge in [0.15, 0.2) is 0 Å². The lowest BCUT2D eigenvalue weighted by Crippen LogP contribution is -1.99. The van der Waals surface area contributed by atoms with Crippen molar-refractivity contribution in [1.29, 1.82) is 0 Å². The van der Waals surface area contributed by atoms with Gasteiger partial charge in [0.1, 0.15) is 18.1 Å². The van der Waals surface area contributed by atoms with Crippen molar-refractivity contribution in [2.24, 2.45) is 0 Å². The molecule has 0 heterocycles. The number of aliphatic hydroxyl groups is 1. The lowest BCUT2D eigenvalue weighted by molar-refractivity contribution is 0.180. The quantitative estimate of drug-likeness (QED) is 0.906. The van der Waals surface area contributed by atoms with Crippen molar-refractivity contribution >= 4 is 15.9 Å². The smallest absolute Gasteiger partial charge is 0.125 e. The number of aryl methyl sites for hydroxylation is 1. The van der Waals surface area contributed by atoms with Crippen LogP contribution in [0.15, 0.2) is 40.9 Å². The van der Waals surface area contributed by atoms with Crippen LogP contribution in [0.25, 0.3) is 0 Å². The first-order valence-electron chi connectivity index (χ1n) is 6.93. The normalized spacial score (nSPS) is 16.6. The first kappa shape index (κ1) is 14.4. The fourth-order valence-corrected chi connectivity index (χ4v) is 3.09. The number of fused-ring (bicyclic) bond motifs is 1. The zero-order valence-electron chi connectivity index (χ0n) is 11.8. The van der Waals surface area contributed by atoms with Gasteiger partial charge in [0.05, 0.1) is 13.2 Å². The molecule has 0 bridgehead atoms. The highest BCUT2D eigenvalue weighted by Gasteiger charge is 2.20. The highest BCUT2D eigenvalue weighted by Crippen LogP contribution is 2.33. The first-order valence-corrected chi connectivity index (χ1v) is 7.73. The second-order valence-electron chi connectivity index (χ2n) is 5.16. The SMILES string of the molecule is COc1ccc(Br)cc1COc1ccc2c(c1)CC[C@@H]2O. The first-order chi connectivity index (χ1) is 10.2. The fraction of sp³-hybridized carbons (Fsp3) is 0.294. The number of halogens is 1. The molecule has 1 atom stereocenters. The molecule has 21 heavy (non-hydrogen) atoms. The molecule has 3 nitrogen and oxygen atoms in total.